The van der Waals surface area contributed by atoms with Crippen LogP contribution in [-0.2, 0) is 18.6 Å². The number of aromatic nitrogens is 1. The minimum Gasteiger partial charge on any atom is -0.252 e. The maximum Gasteiger partial charge on any atom is 0.0745 e. The van der Waals surface area contributed by atoms with Crippen LogP contribution >= 0.6 is 12.6 Å². The van der Waals surface area contributed by atoms with Crippen LogP contribution in [0, 0.1) is 0 Å². The predicted molar refractivity (Wildman–Crippen MR) is 79.0 cm³/mol. The molecule has 18 heavy (non-hydrogen) atoms. The Morgan fingerprint density at radius 3 is 2.61 bits per heavy atom. The van der Waals surface area contributed by atoms with Crippen LogP contribution < -0.4 is 0 Å². The molecule has 0 atom stereocenters. The molecular weight excluding hydrogens is 238 g/mol. The third-order valence-corrected chi connectivity index (χ3v) is 3.94. The summed E-state index contributed by atoms with van der Waals surface area (Å²) < 4.78 is 0. The molecule has 0 fully saturated rings. The van der Waals surface area contributed by atoms with E-state index in [0.29, 0.717) is 0 Å². The van der Waals surface area contributed by atoms with Gasteiger partial charge in [0.25, 0.3) is 0 Å². The van der Waals surface area contributed by atoms with Crippen molar-refractivity contribution < 1.29 is 0 Å². The van der Waals surface area contributed by atoms with E-state index in [0.717, 1.165) is 17.9 Å². The number of hydrogen-bond donors (Lipinski definition) is 1. The van der Waals surface area contributed by atoms with E-state index >= 15 is 0 Å². The van der Waals surface area contributed by atoms with Gasteiger partial charge in [0.05, 0.1) is 5.69 Å². The van der Waals surface area contributed by atoms with E-state index in [4.69, 9.17) is 4.98 Å². The van der Waals surface area contributed by atoms with E-state index in [-0.39, 0.29) is 0 Å². The van der Waals surface area contributed by atoms with Crippen LogP contribution in [0.25, 0.3) is 11.3 Å². The summed E-state index contributed by atoms with van der Waals surface area (Å²) in [6.07, 6.45) is 4.88. The molecule has 1 aromatic carbocycles. The minimum absolute atomic E-state index is 0.754. The van der Waals surface area contributed by atoms with Gasteiger partial charge in [0, 0.05) is 17.0 Å². The SMILES string of the molecule is SCc1cc2c(nc1-c1ccccc1)CCCC2. The summed E-state index contributed by atoms with van der Waals surface area (Å²) in [6.45, 7) is 0. The highest BCUT2D eigenvalue weighted by atomic mass is 32.1. The molecule has 1 nitrogen and oxygen atoms in total. The summed E-state index contributed by atoms with van der Waals surface area (Å²) in [5.74, 6) is 0.754. The van der Waals surface area contributed by atoms with E-state index in [1.807, 2.05) is 6.07 Å². The van der Waals surface area contributed by atoms with Gasteiger partial charge in [-0.2, -0.15) is 12.6 Å². The summed E-state index contributed by atoms with van der Waals surface area (Å²) in [5.41, 5.74) is 6.31. The van der Waals surface area contributed by atoms with Crippen LogP contribution in [0.3, 0.4) is 0 Å². The Bertz CT molecular complexity index is 549. The van der Waals surface area contributed by atoms with E-state index in [9.17, 15) is 0 Å². The van der Waals surface area contributed by atoms with Gasteiger partial charge in [-0.1, -0.05) is 36.4 Å². The van der Waals surface area contributed by atoms with Crippen LogP contribution in [0.2, 0.25) is 0 Å². The first-order valence-corrected chi connectivity index (χ1v) is 7.19. The highest BCUT2D eigenvalue weighted by Crippen LogP contribution is 2.28. The Balaban J connectivity index is 2.13. The number of thiol groups is 1. The standard InChI is InChI=1S/C16H17NS/c18-11-14-10-13-8-4-5-9-15(13)17-16(14)12-6-2-1-3-7-12/h1-3,6-7,10,18H,4-5,8-9,11H2. The highest BCUT2D eigenvalue weighted by Gasteiger charge is 2.15. The fraction of sp³-hybridized carbons (Fsp3) is 0.312. The molecule has 0 saturated heterocycles. The van der Waals surface area contributed by atoms with Gasteiger partial charge in [-0.25, -0.2) is 0 Å². The lowest BCUT2D eigenvalue weighted by molar-refractivity contribution is 0.667. The second-order valence-electron chi connectivity index (χ2n) is 4.83. The molecule has 3 rings (SSSR count). The van der Waals surface area contributed by atoms with Crippen molar-refractivity contribution in [1.82, 2.24) is 4.98 Å². The van der Waals surface area contributed by atoms with E-state index in [1.165, 1.54) is 41.6 Å². The molecule has 1 aliphatic rings. The zero-order valence-electron chi connectivity index (χ0n) is 10.4. The maximum absolute atomic E-state index is 4.91. The topological polar surface area (TPSA) is 12.9 Å². The molecule has 0 bridgehead atoms. The molecule has 0 saturated carbocycles. The third-order valence-electron chi connectivity index (χ3n) is 3.60. The highest BCUT2D eigenvalue weighted by molar-refractivity contribution is 7.79. The maximum atomic E-state index is 4.91. The fourth-order valence-electron chi connectivity index (χ4n) is 2.65. The fourth-order valence-corrected chi connectivity index (χ4v) is 2.89. The molecule has 0 spiro atoms. The molecule has 0 unspecified atom stereocenters. The Morgan fingerprint density at radius 1 is 1.06 bits per heavy atom. The summed E-state index contributed by atoms with van der Waals surface area (Å²) in [5, 5.41) is 0. The van der Waals surface area contributed by atoms with Crippen molar-refractivity contribution in [3.63, 3.8) is 0 Å². The number of nitrogens with zero attached hydrogens (tertiary/aromatic N) is 1. The van der Waals surface area contributed by atoms with E-state index < -0.39 is 0 Å². The molecule has 0 amide bonds. The Kier molecular flexibility index (Phi) is 3.37. The van der Waals surface area contributed by atoms with Crippen molar-refractivity contribution in [2.24, 2.45) is 0 Å². The lowest BCUT2D eigenvalue weighted by atomic mass is 9.93. The van der Waals surface area contributed by atoms with Crippen LogP contribution in [-0.4, -0.2) is 4.98 Å². The first kappa shape index (κ1) is 11.8. The van der Waals surface area contributed by atoms with Gasteiger partial charge in [0.15, 0.2) is 0 Å². The largest absolute Gasteiger partial charge is 0.252 e. The first-order valence-electron chi connectivity index (χ1n) is 6.56. The smallest absolute Gasteiger partial charge is 0.0745 e. The molecule has 0 aliphatic heterocycles. The predicted octanol–water partition coefficient (Wildman–Crippen LogP) is 4.06. The lowest BCUT2D eigenvalue weighted by Gasteiger charge is -2.18. The first-order chi connectivity index (χ1) is 8.88. The normalized spacial score (nSPS) is 14.3. The molecular formula is C16H17NS. The van der Waals surface area contributed by atoms with Crippen molar-refractivity contribution in [2.75, 3.05) is 0 Å². The van der Waals surface area contributed by atoms with E-state index in [1.54, 1.807) is 0 Å². The zero-order valence-corrected chi connectivity index (χ0v) is 11.3. The molecule has 92 valence electrons. The number of benzene rings is 1. The molecule has 1 aromatic heterocycles. The van der Waals surface area contributed by atoms with Crippen LogP contribution in [0.15, 0.2) is 36.4 Å². The third kappa shape index (κ3) is 2.17. The average molecular weight is 255 g/mol. The molecule has 0 radical (unpaired) electrons. The number of pyridine rings is 1. The second-order valence-corrected chi connectivity index (χ2v) is 5.15. The van der Waals surface area contributed by atoms with Crippen LogP contribution in [0.1, 0.15) is 29.7 Å². The summed E-state index contributed by atoms with van der Waals surface area (Å²) in [7, 11) is 0. The van der Waals surface area contributed by atoms with Gasteiger partial charge in [-0.05, 0) is 36.8 Å². The summed E-state index contributed by atoms with van der Waals surface area (Å²) >= 11 is 4.46. The van der Waals surface area contributed by atoms with Gasteiger partial charge in [-0.15, -0.1) is 0 Å². The number of fused-ring (bicyclic) bond motifs is 1. The monoisotopic (exact) mass is 255 g/mol. The Labute approximate surface area is 114 Å². The van der Waals surface area contributed by atoms with E-state index in [2.05, 4.69) is 43.0 Å². The molecule has 1 heterocycles. The van der Waals surface area contributed by atoms with Crippen molar-refractivity contribution >= 4 is 12.6 Å². The van der Waals surface area contributed by atoms with Gasteiger partial charge < -0.3 is 0 Å². The van der Waals surface area contributed by atoms with Gasteiger partial charge in [0.2, 0.25) is 0 Å². The van der Waals surface area contributed by atoms with Crippen LogP contribution in [0.5, 0.6) is 0 Å². The average Bonchev–Trinajstić information content (AvgIpc) is 2.46. The Hall–Kier alpha value is -1.28. The number of aryl methyl sites for hydroxylation is 2. The minimum atomic E-state index is 0.754. The van der Waals surface area contributed by atoms with Crippen LogP contribution in [0.4, 0.5) is 0 Å². The molecule has 1 aliphatic carbocycles. The van der Waals surface area contributed by atoms with Crippen molar-refractivity contribution in [3.8, 4) is 11.3 Å². The molecule has 0 N–H and O–H groups in total. The van der Waals surface area contributed by atoms with Gasteiger partial charge >= 0.3 is 0 Å². The second kappa shape index (κ2) is 5.15. The molecule has 2 heteroatoms. The molecule has 2 aromatic rings. The van der Waals surface area contributed by atoms with Crippen molar-refractivity contribution in [3.05, 3.63) is 53.2 Å². The van der Waals surface area contributed by atoms with Gasteiger partial charge in [0.1, 0.15) is 0 Å². The number of rotatable bonds is 2. The summed E-state index contributed by atoms with van der Waals surface area (Å²) in [4.78, 5) is 4.91. The summed E-state index contributed by atoms with van der Waals surface area (Å²) in [6, 6.07) is 12.8. The lowest BCUT2D eigenvalue weighted by Crippen LogP contribution is -2.08. The van der Waals surface area contributed by atoms with Crippen molar-refractivity contribution in [2.45, 2.75) is 31.4 Å². The Morgan fingerprint density at radius 2 is 1.83 bits per heavy atom. The van der Waals surface area contributed by atoms with Crippen molar-refractivity contribution in [1.29, 1.82) is 0 Å². The zero-order chi connectivity index (χ0) is 12.4. The number of hydrogen-bond acceptors (Lipinski definition) is 2. The van der Waals surface area contributed by atoms with Gasteiger partial charge in [-0.3, -0.25) is 4.98 Å². The quantitative estimate of drug-likeness (QED) is 0.799.